The summed E-state index contributed by atoms with van der Waals surface area (Å²) in [6.45, 7) is 1.06. The van der Waals surface area contributed by atoms with E-state index < -0.39 is 0 Å². The molecule has 0 aliphatic rings. The van der Waals surface area contributed by atoms with Crippen LogP contribution in [0.4, 0.5) is 0 Å². The summed E-state index contributed by atoms with van der Waals surface area (Å²) in [5.41, 5.74) is 1.83. The summed E-state index contributed by atoms with van der Waals surface area (Å²) in [4.78, 5) is 4.16. The maximum Gasteiger partial charge on any atom is 0.191 e. The molecule has 0 fully saturated rings. The van der Waals surface area contributed by atoms with Crippen molar-refractivity contribution in [3.63, 3.8) is 0 Å². The van der Waals surface area contributed by atoms with Gasteiger partial charge in [-0.15, -0.1) is 24.0 Å². The molecule has 0 saturated heterocycles. The highest BCUT2D eigenvalue weighted by atomic mass is 127. The van der Waals surface area contributed by atoms with E-state index >= 15 is 0 Å². The topological polar surface area (TPSA) is 65.9 Å². The van der Waals surface area contributed by atoms with Crippen LogP contribution in [0.5, 0.6) is 11.5 Å². The molecule has 0 aromatic heterocycles. The van der Waals surface area contributed by atoms with Gasteiger partial charge in [-0.25, -0.2) is 0 Å². The van der Waals surface area contributed by atoms with Gasteiger partial charge in [-0.1, -0.05) is 23.7 Å². The fraction of sp³-hybridized carbons (Fsp3) is 0.235. The second kappa shape index (κ2) is 10.2. The summed E-state index contributed by atoms with van der Waals surface area (Å²) in [6.07, 6.45) is 0. The van der Waals surface area contributed by atoms with Gasteiger partial charge in [0.05, 0.1) is 7.11 Å². The third-order valence-electron chi connectivity index (χ3n) is 3.33. The van der Waals surface area contributed by atoms with Gasteiger partial charge in [-0.2, -0.15) is 0 Å². The van der Waals surface area contributed by atoms with Gasteiger partial charge in [0.2, 0.25) is 0 Å². The van der Waals surface area contributed by atoms with Crippen LogP contribution in [0.3, 0.4) is 0 Å². The van der Waals surface area contributed by atoms with Crippen molar-refractivity contribution < 1.29 is 9.84 Å². The monoisotopic (exact) mass is 461 g/mol. The minimum absolute atomic E-state index is 0. The summed E-state index contributed by atoms with van der Waals surface area (Å²) in [7, 11) is 3.29. The molecule has 0 unspecified atom stereocenters. The number of nitrogens with zero attached hydrogens (tertiary/aromatic N) is 1. The number of hydrogen-bond donors (Lipinski definition) is 3. The Morgan fingerprint density at radius 1 is 1.12 bits per heavy atom. The molecule has 0 aliphatic carbocycles. The van der Waals surface area contributed by atoms with Gasteiger partial charge in [0.25, 0.3) is 0 Å². The van der Waals surface area contributed by atoms with Crippen LogP contribution < -0.4 is 15.4 Å². The Morgan fingerprint density at radius 3 is 2.42 bits per heavy atom. The highest BCUT2D eigenvalue weighted by Crippen LogP contribution is 2.22. The van der Waals surface area contributed by atoms with Gasteiger partial charge in [0.15, 0.2) is 5.96 Å². The molecule has 0 saturated carbocycles. The second-order valence-electron chi connectivity index (χ2n) is 4.90. The van der Waals surface area contributed by atoms with Crippen LogP contribution in [-0.2, 0) is 13.1 Å². The van der Waals surface area contributed by atoms with Crippen LogP contribution in [0.25, 0.3) is 0 Å². The molecule has 130 valence electrons. The van der Waals surface area contributed by atoms with E-state index in [0.717, 1.165) is 11.1 Å². The Hall–Kier alpha value is -1.67. The Balaban J connectivity index is 0.00000288. The standard InChI is InChI=1S/C17H20ClN3O2.HI/c1-19-17(20-10-12-3-5-14(18)6-4-12)21-11-13-9-15(23-2)7-8-16(13)22;/h3-9,22H,10-11H2,1-2H3,(H2,19,20,21);1H. The molecule has 0 spiro atoms. The number of rotatable bonds is 5. The molecule has 0 heterocycles. The van der Waals surface area contributed by atoms with Crippen LogP contribution in [0.2, 0.25) is 5.02 Å². The van der Waals surface area contributed by atoms with Gasteiger partial charge in [-0.05, 0) is 35.9 Å². The number of aromatic hydroxyl groups is 1. The number of ether oxygens (including phenoxy) is 1. The molecule has 0 amide bonds. The number of aliphatic imine (C=N–C) groups is 1. The van der Waals surface area contributed by atoms with Gasteiger partial charge < -0.3 is 20.5 Å². The van der Waals surface area contributed by atoms with Crippen molar-refractivity contribution in [2.45, 2.75) is 13.1 Å². The minimum Gasteiger partial charge on any atom is -0.508 e. The Morgan fingerprint density at radius 2 is 1.79 bits per heavy atom. The highest BCUT2D eigenvalue weighted by molar-refractivity contribution is 14.0. The van der Waals surface area contributed by atoms with Crippen LogP contribution in [-0.4, -0.2) is 25.2 Å². The lowest BCUT2D eigenvalue weighted by molar-refractivity contribution is 0.410. The molecule has 3 N–H and O–H groups in total. The van der Waals surface area contributed by atoms with E-state index in [9.17, 15) is 5.11 Å². The zero-order valence-electron chi connectivity index (χ0n) is 13.5. The molecule has 0 aliphatic heterocycles. The van der Waals surface area contributed by atoms with Gasteiger partial charge in [0.1, 0.15) is 11.5 Å². The minimum atomic E-state index is 0. The number of phenols is 1. The van der Waals surface area contributed by atoms with Gasteiger partial charge in [0, 0.05) is 30.7 Å². The first-order valence-electron chi connectivity index (χ1n) is 7.17. The van der Waals surface area contributed by atoms with E-state index in [1.54, 1.807) is 32.4 Å². The molecule has 0 bridgehead atoms. The summed E-state index contributed by atoms with van der Waals surface area (Å²) < 4.78 is 5.16. The first kappa shape index (κ1) is 20.4. The number of halogens is 2. The van der Waals surface area contributed by atoms with Crippen molar-refractivity contribution in [1.29, 1.82) is 0 Å². The average Bonchev–Trinajstić information content (AvgIpc) is 2.58. The number of guanidine groups is 1. The Bertz CT molecular complexity index is 678. The lowest BCUT2D eigenvalue weighted by Gasteiger charge is -2.13. The Kier molecular flexibility index (Phi) is 8.70. The fourth-order valence-electron chi connectivity index (χ4n) is 2.02. The molecule has 7 heteroatoms. The van der Waals surface area contributed by atoms with Crippen LogP contribution in [0, 0.1) is 0 Å². The first-order valence-corrected chi connectivity index (χ1v) is 7.55. The first-order chi connectivity index (χ1) is 11.1. The number of nitrogens with one attached hydrogen (secondary N) is 2. The third kappa shape index (κ3) is 6.09. The molecule has 24 heavy (non-hydrogen) atoms. The molecule has 2 aromatic carbocycles. The Labute approximate surface area is 164 Å². The molecule has 0 atom stereocenters. The lowest BCUT2D eigenvalue weighted by Crippen LogP contribution is -2.36. The van der Waals surface area contributed by atoms with E-state index in [-0.39, 0.29) is 29.7 Å². The van der Waals surface area contributed by atoms with E-state index in [1.165, 1.54) is 0 Å². The summed E-state index contributed by atoms with van der Waals surface area (Å²) >= 11 is 5.87. The van der Waals surface area contributed by atoms with Gasteiger partial charge >= 0.3 is 0 Å². The molecule has 2 aromatic rings. The number of phenolic OH excluding ortho intramolecular Hbond substituents is 1. The van der Waals surface area contributed by atoms with Crippen molar-refractivity contribution in [1.82, 2.24) is 10.6 Å². The lowest BCUT2D eigenvalue weighted by atomic mass is 10.2. The summed E-state index contributed by atoms with van der Waals surface area (Å²) in [5, 5.41) is 17.0. The zero-order chi connectivity index (χ0) is 16.7. The van der Waals surface area contributed by atoms with Crippen LogP contribution in [0.1, 0.15) is 11.1 Å². The maximum absolute atomic E-state index is 9.88. The predicted octanol–water partition coefficient (Wildman–Crippen LogP) is 3.54. The summed E-state index contributed by atoms with van der Waals surface area (Å²) in [6, 6.07) is 12.7. The molecule has 0 radical (unpaired) electrons. The summed E-state index contributed by atoms with van der Waals surface area (Å²) in [5.74, 6) is 1.55. The largest absolute Gasteiger partial charge is 0.508 e. The molecular formula is C17H21ClIN3O2. The number of benzene rings is 2. The van der Waals surface area contributed by atoms with Crippen molar-refractivity contribution in [3.8, 4) is 11.5 Å². The normalized spacial score (nSPS) is 10.7. The quantitative estimate of drug-likeness (QED) is 0.362. The van der Waals surface area contributed by atoms with E-state index in [4.69, 9.17) is 16.3 Å². The third-order valence-corrected chi connectivity index (χ3v) is 3.58. The van der Waals surface area contributed by atoms with Crippen molar-refractivity contribution in [3.05, 3.63) is 58.6 Å². The van der Waals surface area contributed by atoms with E-state index in [1.807, 2.05) is 24.3 Å². The molecule has 5 nitrogen and oxygen atoms in total. The van der Waals surface area contributed by atoms with Crippen molar-refractivity contribution in [2.24, 2.45) is 4.99 Å². The SMILES string of the molecule is CN=C(NCc1ccc(Cl)cc1)NCc1cc(OC)ccc1O.I. The van der Waals surface area contributed by atoms with Crippen LogP contribution >= 0.6 is 35.6 Å². The highest BCUT2D eigenvalue weighted by Gasteiger charge is 2.05. The van der Waals surface area contributed by atoms with Crippen molar-refractivity contribution in [2.75, 3.05) is 14.2 Å². The van der Waals surface area contributed by atoms with E-state index in [2.05, 4.69) is 15.6 Å². The zero-order valence-corrected chi connectivity index (χ0v) is 16.6. The maximum atomic E-state index is 9.88. The number of methoxy groups -OCH3 is 1. The smallest absolute Gasteiger partial charge is 0.191 e. The van der Waals surface area contributed by atoms with Crippen LogP contribution in [0.15, 0.2) is 47.5 Å². The van der Waals surface area contributed by atoms with Crippen molar-refractivity contribution >= 4 is 41.5 Å². The number of hydrogen-bond acceptors (Lipinski definition) is 3. The fourth-order valence-corrected chi connectivity index (χ4v) is 2.14. The molecule has 2 rings (SSSR count). The van der Waals surface area contributed by atoms with E-state index in [0.29, 0.717) is 29.8 Å². The predicted molar refractivity (Wildman–Crippen MR) is 109 cm³/mol. The van der Waals surface area contributed by atoms with Gasteiger partial charge in [-0.3, -0.25) is 4.99 Å². The average molecular weight is 462 g/mol. The second-order valence-corrected chi connectivity index (χ2v) is 5.34. The molecular weight excluding hydrogens is 441 g/mol.